The number of hydrogen-bond acceptors (Lipinski definition) is 5. The fourth-order valence-corrected chi connectivity index (χ4v) is 2.13. The number of nitrogens with one attached hydrogen (secondary N) is 3. The van der Waals surface area contributed by atoms with Crippen molar-refractivity contribution >= 4 is 17.9 Å². The molecule has 0 saturated heterocycles. The van der Waals surface area contributed by atoms with Crippen molar-refractivity contribution in [3.63, 3.8) is 0 Å². The summed E-state index contributed by atoms with van der Waals surface area (Å²) in [5.74, 6) is -0.591. The van der Waals surface area contributed by atoms with Gasteiger partial charge in [-0.25, -0.2) is 4.79 Å². The SMILES string of the molecule is CNC(=O)c1ccc(C(=O)NC)c(COC(=O)NCCCN(C)C)c1. The van der Waals surface area contributed by atoms with E-state index < -0.39 is 6.09 Å². The van der Waals surface area contributed by atoms with E-state index in [1.54, 1.807) is 12.1 Å². The van der Waals surface area contributed by atoms with E-state index in [1.165, 1.54) is 20.2 Å². The number of ether oxygens (including phenoxy) is 1. The second-order valence-corrected chi connectivity index (χ2v) is 5.69. The molecule has 0 unspecified atom stereocenters. The van der Waals surface area contributed by atoms with Crippen molar-refractivity contribution in [1.29, 1.82) is 0 Å². The van der Waals surface area contributed by atoms with E-state index in [2.05, 4.69) is 16.0 Å². The molecule has 138 valence electrons. The molecule has 3 amide bonds. The van der Waals surface area contributed by atoms with Gasteiger partial charge < -0.3 is 25.6 Å². The summed E-state index contributed by atoms with van der Waals surface area (Å²) in [6.45, 7) is 1.25. The minimum Gasteiger partial charge on any atom is -0.445 e. The standard InChI is InChI=1S/C17H26N4O4/c1-18-15(22)12-6-7-14(16(23)19-2)13(10-12)11-25-17(24)20-8-5-9-21(3)4/h6-7,10H,5,8-9,11H2,1-4H3,(H,18,22)(H,19,23)(H,20,24). The van der Waals surface area contributed by atoms with Crippen LogP contribution in [-0.4, -0.2) is 64.1 Å². The largest absolute Gasteiger partial charge is 0.445 e. The molecule has 0 spiro atoms. The predicted octanol–water partition coefficient (Wildman–Crippen LogP) is 0.584. The molecule has 0 aliphatic heterocycles. The first-order chi connectivity index (χ1) is 11.9. The normalized spacial score (nSPS) is 10.3. The van der Waals surface area contributed by atoms with Crippen LogP contribution < -0.4 is 16.0 Å². The summed E-state index contributed by atoms with van der Waals surface area (Å²) in [4.78, 5) is 37.5. The van der Waals surface area contributed by atoms with E-state index in [-0.39, 0.29) is 18.4 Å². The molecule has 0 bridgehead atoms. The number of amides is 3. The Bertz CT molecular complexity index is 617. The number of nitrogens with zero attached hydrogens (tertiary/aromatic N) is 1. The van der Waals surface area contributed by atoms with Gasteiger partial charge in [0.05, 0.1) is 0 Å². The van der Waals surface area contributed by atoms with Gasteiger partial charge in [-0.2, -0.15) is 0 Å². The van der Waals surface area contributed by atoms with Crippen LogP contribution in [-0.2, 0) is 11.3 Å². The summed E-state index contributed by atoms with van der Waals surface area (Å²) in [5, 5.41) is 7.69. The lowest BCUT2D eigenvalue weighted by Crippen LogP contribution is -2.28. The summed E-state index contributed by atoms with van der Waals surface area (Å²) in [7, 11) is 6.94. The molecular formula is C17H26N4O4. The van der Waals surface area contributed by atoms with Gasteiger partial charge in [0.25, 0.3) is 11.8 Å². The number of rotatable bonds is 8. The van der Waals surface area contributed by atoms with Crippen molar-refractivity contribution < 1.29 is 19.1 Å². The maximum absolute atomic E-state index is 11.9. The van der Waals surface area contributed by atoms with Crippen molar-refractivity contribution in [3.8, 4) is 0 Å². The van der Waals surface area contributed by atoms with Gasteiger partial charge in [0.2, 0.25) is 0 Å². The Morgan fingerprint density at radius 2 is 1.76 bits per heavy atom. The van der Waals surface area contributed by atoms with E-state index in [0.717, 1.165) is 13.0 Å². The molecule has 1 aromatic carbocycles. The van der Waals surface area contributed by atoms with Crippen LogP contribution in [0.2, 0.25) is 0 Å². The van der Waals surface area contributed by atoms with E-state index in [1.807, 2.05) is 19.0 Å². The fraction of sp³-hybridized carbons (Fsp3) is 0.471. The van der Waals surface area contributed by atoms with Crippen LogP contribution in [0, 0.1) is 0 Å². The Hall–Kier alpha value is -2.61. The van der Waals surface area contributed by atoms with Crippen molar-refractivity contribution in [2.75, 3.05) is 41.3 Å². The van der Waals surface area contributed by atoms with E-state index >= 15 is 0 Å². The minimum atomic E-state index is -0.563. The van der Waals surface area contributed by atoms with Gasteiger partial charge in [-0.15, -0.1) is 0 Å². The van der Waals surface area contributed by atoms with E-state index in [4.69, 9.17) is 4.74 Å². The smallest absolute Gasteiger partial charge is 0.407 e. The summed E-state index contributed by atoms with van der Waals surface area (Å²) in [5.41, 5.74) is 1.21. The number of carbonyl (C=O) groups is 3. The van der Waals surface area contributed by atoms with Crippen LogP contribution in [0.15, 0.2) is 18.2 Å². The van der Waals surface area contributed by atoms with E-state index in [0.29, 0.717) is 23.2 Å². The molecule has 0 fully saturated rings. The highest BCUT2D eigenvalue weighted by atomic mass is 16.5. The van der Waals surface area contributed by atoms with Gasteiger partial charge in [-0.05, 0) is 45.3 Å². The zero-order valence-electron chi connectivity index (χ0n) is 15.1. The van der Waals surface area contributed by atoms with Gasteiger partial charge in [0.15, 0.2) is 0 Å². The highest BCUT2D eigenvalue weighted by Crippen LogP contribution is 2.14. The Balaban J connectivity index is 2.72. The lowest BCUT2D eigenvalue weighted by atomic mass is 10.0. The van der Waals surface area contributed by atoms with Crippen LogP contribution in [0.1, 0.15) is 32.7 Å². The monoisotopic (exact) mass is 350 g/mol. The Morgan fingerprint density at radius 1 is 1.08 bits per heavy atom. The molecule has 0 aliphatic rings. The fourth-order valence-electron chi connectivity index (χ4n) is 2.13. The molecule has 1 rings (SSSR count). The quantitative estimate of drug-likeness (QED) is 0.596. The van der Waals surface area contributed by atoms with Gasteiger partial charge in [-0.1, -0.05) is 0 Å². The van der Waals surface area contributed by atoms with Gasteiger partial charge >= 0.3 is 6.09 Å². The molecule has 0 aromatic heterocycles. The summed E-state index contributed by atoms with van der Waals surface area (Å²) in [6, 6.07) is 4.63. The number of carbonyl (C=O) groups excluding carboxylic acids is 3. The minimum absolute atomic E-state index is 0.104. The molecule has 0 aliphatic carbocycles. The second-order valence-electron chi connectivity index (χ2n) is 5.69. The average Bonchev–Trinajstić information content (AvgIpc) is 2.61. The van der Waals surface area contributed by atoms with Crippen molar-refractivity contribution in [2.24, 2.45) is 0 Å². The third-order valence-electron chi connectivity index (χ3n) is 3.48. The zero-order valence-corrected chi connectivity index (χ0v) is 15.1. The topological polar surface area (TPSA) is 99.8 Å². The second kappa shape index (κ2) is 10.3. The highest BCUT2D eigenvalue weighted by molar-refractivity contribution is 5.99. The molecule has 0 atom stereocenters. The van der Waals surface area contributed by atoms with Crippen LogP contribution >= 0.6 is 0 Å². The van der Waals surface area contributed by atoms with Crippen LogP contribution in [0.25, 0.3) is 0 Å². The molecule has 8 heteroatoms. The average molecular weight is 350 g/mol. The molecule has 1 aromatic rings. The number of benzene rings is 1. The molecule has 0 heterocycles. The molecular weight excluding hydrogens is 324 g/mol. The first-order valence-electron chi connectivity index (χ1n) is 8.01. The third-order valence-corrected chi connectivity index (χ3v) is 3.48. The predicted molar refractivity (Wildman–Crippen MR) is 94.6 cm³/mol. The maximum Gasteiger partial charge on any atom is 0.407 e. The van der Waals surface area contributed by atoms with Gasteiger partial charge in [0, 0.05) is 37.3 Å². The third kappa shape index (κ3) is 6.80. The molecule has 25 heavy (non-hydrogen) atoms. The first kappa shape index (κ1) is 20.4. The van der Waals surface area contributed by atoms with Crippen molar-refractivity contribution in [2.45, 2.75) is 13.0 Å². The molecule has 0 radical (unpaired) electrons. The first-order valence-corrected chi connectivity index (χ1v) is 8.01. The van der Waals surface area contributed by atoms with Crippen molar-refractivity contribution in [3.05, 3.63) is 34.9 Å². The summed E-state index contributed by atoms with van der Waals surface area (Å²) in [6.07, 6.45) is 0.240. The lowest BCUT2D eigenvalue weighted by Gasteiger charge is -2.12. The maximum atomic E-state index is 11.9. The van der Waals surface area contributed by atoms with E-state index in [9.17, 15) is 14.4 Å². The number of hydrogen-bond donors (Lipinski definition) is 3. The zero-order chi connectivity index (χ0) is 18.8. The molecule has 3 N–H and O–H groups in total. The summed E-state index contributed by atoms with van der Waals surface area (Å²) >= 11 is 0. The van der Waals surface area contributed by atoms with Crippen LogP contribution in [0.3, 0.4) is 0 Å². The summed E-state index contributed by atoms with van der Waals surface area (Å²) < 4.78 is 5.16. The van der Waals surface area contributed by atoms with Gasteiger partial charge in [-0.3, -0.25) is 9.59 Å². The lowest BCUT2D eigenvalue weighted by molar-refractivity contribution is 0.0947. The molecule has 0 saturated carbocycles. The van der Waals surface area contributed by atoms with Crippen LogP contribution in [0.4, 0.5) is 4.79 Å². The Morgan fingerprint density at radius 3 is 2.36 bits per heavy atom. The number of alkyl carbamates (subject to hydrolysis) is 1. The van der Waals surface area contributed by atoms with Gasteiger partial charge in [0.1, 0.15) is 6.61 Å². The van der Waals surface area contributed by atoms with Crippen LogP contribution in [0.5, 0.6) is 0 Å². The molecule has 8 nitrogen and oxygen atoms in total. The highest BCUT2D eigenvalue weighted by Gasteiger charge is 2.15. The Labute approximate surface area is 147 Å². The van der Waals surface area contributed by atoms with Crippen molar-refractivity contribution in [1.82, 2.24) is 20.9 Å². The Kier molecular flexibility index (Phi) is 8.42.